The van der Waals surface area contributed by atoms with Crippen LogP contribution in [0.2, 0.25) is 0 Å². The lowest BCUT2D eigenvalue weighted by Gasteiger charge is -2.00. The van der Waals surface area contributed by atoms with Crippen LogP contribution in [0.5, 0.6) is 0 Å². The molecule has 11 heavy (non-hydrogen) atoms. The fourth-order valence-electron chi connectivity index (χ4n) is 0.745. The minimum Gasteiger partial charge on any atom is -0.322 e. The van der Waals surface area contributed by atoms with Crippen LogP contribution in [0.3, 0.4) is 0 Å². The van der Waals surface area contributed by atoms with E-state index in [9.17, 15) is 0 Å². The predicted octanol–water partition coefficient (Wildman–Crippen LogP) is 0.930. The number of rotatable bonds is 2. The van der Waals surface area contributed by atoms with E-state index < -0.39 is 0 Å². The van der Waals surface area contributed by atoms with E-state index in [1.54, 1.807) is 12.1 Å². The summed E-state index contributed by atoms with van der Waals surface area (Å²) in [5, 5.41) is 6.78. The highest BCUT2D eigenvalue weighted by molar-refractivity contribution is 5.63. The monoisotopic (exact) mass is 151 g/mol. The van der Waals surface area contributed by atoms with Crippen LogP contribution in [-0.2, 0) is 0 Å². The summed E-state index contributed by atoms with van der Waals surface area (Å²) in [7, 11) is 0. The van der Waals surface area contributed by atoms with E-state index in [1.807, 2.05) is 12.1 Å². The van der Waals surface area contributed by atoms with Crippen LogP contribution in [-0.4, -0.2) is 0 Å². The zero-order chi connectivity index (χ0) is 8.10. The third kappa shape index (κ3) is 1.65. The summed E-state index contributed by atoms with van der Waals surface area (Å²) in [5.41, 5.74) is 3.79. The van der Waals surface area contributed by atoms with Crippen LogP contribution in [0.4, 0.5) is 11.4 Å². The number of benzene rings is 1. The molecular weight excluding hydrogens is 142 g/mol. The van der Waals surface area contributed by atoms with Gasteiger partial charge in [0.15, 0.2) is 0 Å². The number of hydrogen-bond acceptors (Lipinski definition) is 4. The minimum atomic E-state index is 0.623. The van der Waals surface area contributed by atoms with Gasteiger partial charge in [-0.25, -0.2) is 0 Å². The minimum absolute atomic E-state index is 0.623. The number of hydrogen-bond donors (Lipinski definition) is 3. The van der Waals surface area contributed by atoms with Crippen LogP contribution >= 0.6 is 0 Å². The maximum atomic E-state index is 5.19. The molecule has 0 aliphatic heterocycles. The molecular formula is C6H9N5. The molecule has 0 unspecified atom stereocenters. The van der Waals surface area contributed by atoms with E-state index in [2.05, 4.69) is 15.8 Å². The SMILES string of the molecule is NN=Nc1ccccc1NN. The Balaban J connectivity index is 3.02. The quantitative estimate of drug-likeness (QED) is 0.333. The van der Waals surface area contributed by atoms with Crippen molar-refractivity contribution in [2.45, 2.75) is 0 Å². The zero-order valence-electron chi connectivity index (χ0n) is 5.86. The van der Waals surface area contributed by atoms with Crippen molar-refractivity contribution in [3.05, 3.63) is 24.3 Å². The highest BCUT2D eigenvalue weighted by Crippen LogP contribution is 2.22. The largest absolute Gasteiger partial charge is 0.322 e. The average Bonchev–Trinajstić information content (AvgIpc) is 2.06. The second-order valence-electron chi connectivity index (χ2n) is 1.88. The summed E-state index contributed by atoms with van der Waals surface area (Å²) in [4.78, 5) is 0. The Kier molecular flexibility index (Phi) is 2.40. The Labute approximate surface area is 64.0 Å². The lowest BCUT2D eigenvalue weighted by molar-refractivity contribution is 1.06. The van der Waals surface area contributed by atoms with Crippen molar-refractivity contribution in [3.8, 4) is 0 Å². The number of nitrogens with one attached hydrogen (secondary N) is 1. The molecule has 1 aromatic rings. The molecule has 5 heteroatoms. The molecule has 0 atom stereocenters. The van der Waals surface area contributed by atoms with Crippen molar-refractivity contribution in [1.82, 2.24) is 0 Å². The van der Waals surface area contributed by atoms with Gasteiger partial charge in [-0.2, -0.15) is 0 Å². The highest BCUT2D eigenvalue weighted by atomic mass is 15.3. The first-order valence-corrected chi connectivity index (χ1v) is 3.05. The molecule has 5 N–H and O–H groups in total. The molecule has 0 heterocycles. The summed E-state index contributed by atoms with van der Waals surface area (Å²) in [6.07, 6.45) is 0. The molecule has 0 aliphatic rings. The predicted molar refractivity (Wildman–Crippen MR) is 43.0 cm³/mol. The van der Waals surface area contributed by atoms with Gasteiger partial charge in [-0.3, -0.25) is 5.84 Å². The molecule has 0 amide bonds. The topological polar surface area (TPSA) is 88.8 Å². The second kappa shape index (κ2) is 3.52. The zero-order valence-corrected chi connectivity index (χ0v) is 5.86. The lowest BCUT2D eigenvalue weighted by Crippen LogP contribution is -2.06. The van der Waals surface area contributed by atoms with E-state index in [0.717, 1.165) is 0 Å². The van der Waals surface area contributed by atoms with Crippen molar-refractivity contribution in [1.29, 1.82) is 0 Å². The number of hydrazine groups is 1. The third-order valence-corrected chi connectivity index (χ3v) is 1.23. The van der Waals surface area contributed by atoms with Crippen molar-refractivity contribution >= 4 is 11.4 Å². The molecule has 0 saturated carbocycles. The summed E-state index contributed by atoms with van der Waals surface area (Å²) < 4.78 is 0. The standard InChI is InChI=1S/C6H9N5/c7-9-5-3-1-2-4-6(5)10-11-8/h1-4,9H,7H2,(H2,8,10). The molecule has 58 valence electrons. The fraction of sp³-hybridized carbons (Fsp3) is 0. The van der Waals surface area contributed by atoms with Crippen molar-refractivity contribution in [2.75, 3.05) is 5.43 Å². The molecule has 0 radical (unpaired) electrons. The molecule has 0 fully saturated rings. The average molecular weight is 151 g/mol. The summed E-state index contributed by atoms with van der Waals surface area (Å²) in [6, 6.07) is 7.20. The van der Waals surface area contributed by atoms with Gasteiger partial charge in [-0.05, 0) is 12.1 Å². The highest BCUT2D eigenvalue weighted by Gasteiger charge is 1.95. The lowest BCUT2D eigenvalue weighted by atomic mass is 10.3. The maximum absolute atomic E-state index is 5.19. The Morgan fingerprint density at radius 2 is 2.00 bits per heavy atom. The second-order valence-corrected chi connectivity index (χ2v) is 1.88. The van der Waals surface area contributed by atoms with Crippen LogP contribution in [0.1, 0.15) is 0 Å². The third-order valence-electron chi connectivity index (χ3n) is 1.23. The van der Waals surface area contributed by atoms with Gasteiger partial charge in [0, 0.05) is 0 Å². The number of nitrogen functional groups attached to an aromatic ring is 1. The number of nitrogens with two attached hydrogens (primary N) is 2. The molecule has 1 aromatic carbocycles. The van der Waals surface area contributed by atoms with E-state index in [4.69, 9.17) is 11.7 Å². The van der Waals surface area contributed by atoms with E-state index in [1.165, 1.54) is 0 Å². The van der Waals surface area contributed by atoms with Gasteiger partial charge >= 0.3 is 0 Å². The number of nitrogens with zero attached hydrogens (tertiary/aromatic N) is 2. The number of anilines is 1. The van der Waals surface area contributed by atoms with Crippen LogP contribution in [0, 0.1) is 0 Å². The summed E-state index contributed by atoms with van der Waals surface area (Å²) in [6.45, 7) is 0. The Hall–Kier alpha value is -1.62. The Bertz CT molecular complexity index is 257. The van der Waals surface area contributed by atoms with Crippen LogP contribution in [0.15, 0.2) is 34.6 Å². The molecule has 0 aliphatic carbocycles. The molecule has 5 nitrogen and oxygen atoms in total. The van der Waals surface area contributed by atoms with E-state index in [-0.39, 0.29) is 0 Å². The Morgan fingerprint density at radius 3 is 2.64 bits per heavy atom. The van der Waals surface area contributed by atoms with Gasteiger partial charge < -0.3 is 11.3 Å². The van der Waals surface area contributed by atoms with Crippen molar-refractivity contribution in [2.24, 2.45) is 22.0 Å². The summed E-state index contributed by atoms with van der Waals surface area (Å²) >= 11 is 0. The molecule has 0 bridgehead atoms. The summed E-state index contributed by atoms with van der Waals surface area (Å²) in [5.74, 6) is 10.1. The first-order chi connectivity index (χ1) is 5.38. The molecule has 1 rings (SSSR count). The van der Waals surface area contributed by atoms with Gasteiger partial charge in [-0.15, -0.1) is 5.11 Å². The number of para-hydroxylation sites is 1. The van der Waals surface area contributed by atoms with Gasteiger partial charge in [-0.1, -0.05) is 17.4 Å². The first-order valence-electron chi connectivity index (χ1n) is 3.05. The molecule has 0 saturated heterocycles. The van der Waals surface area contributed by atoms with Crippen LogP contribution < -0.4 is 17.1 Å². The van der Waals surface area contributed by atoms with Gasteiger partial charge in [0.05, 0.1) is 5.69 Å². The Morgan fingerprint density at radius 1 is 1.27 bits per heavy atom. The fourth-order valence-corrected chi connectivity index (χ4v) is 0.745. The van der Waals surface area contributed by atoms with E-state index >= 15 is 0 Å². The maximum Gasteiger partial charge on any atom is 0.112 e. The van der Waals surface area contributed by atoms with Crippen molar-refractivity contribution in [3.63, 3.8) is 0 Å². The normalized spacial score (nSPS) is 10.3. The molecule has 0 aromatic heterocycles. The first kappa shape index (κ1) is 7.49. The van der Waals surface area contributed by atoms with Gasteiger partial charge in [0.25, 0.3) is 0 Å². The van der Waals surface area contributed by atoms with E-state index in [0.29, 0.717) is 11.4 Å². The molecule has 0 spiro atoms. The smallest absolute Gasteiger partial charge is 0.112 e. The van der Waals surface area contributed by atoms with Crippen LogP contribution in [0.25, 0.3) is 0 Å². The van der Waals surface area contributed by atoms with Gasteiger partial charge in [0.2, 0.25) is 0 Å². The van der Waals surface area contributed by atoms with Gasteiger partial charge in [0.1, 0.15) is 5.69 Å². The van der Waals surface area contributed by atoms with Crippen molar-refractivity contribution < 1.29 is 0 Å².